The minimum absolute atomic E-state index is 0.369. The molecule has 2 aromatic rings. The number of rotatable bonds is 7. The van der Waals surface area contributed by atoms with Gasteiger partial charge in [0.15, 0.2) is 0 Å². The van der Waals surface area contributed by atoms with Crippen molar-refractivity contribution >= 4 is 0 Å². The van der Waals surface area contributed by atoms with Gasteiger partial charge in [0.25, 0.3) is 0 Å². The maximum absolute atomic E-state index is 5.96. The van der Waals surface area contributed by atoms with E-state index in [-0.39, 0.29) is 0 Å². The van der Waals surface area contributed by atoms with Crippen LogP contribution in [-0.2, 0) is 6.54 Å². The van der Waals surface area contributed by atoms with Crippen molar-refractivity contribution in [2.24, 2.45) is 0 Å². The number of benzene rings is 2. The van der Waals surface area contributed by atoms with Crippen molar-refractivity contribution in [1.82, 2.24) is 9.80 Å². The zero-order chi connectivity index (χ0) is 20.1. The van der Waals surface area contributed by atoms with Gasteiger partial charge < -0.3 is 19.3 Å². The molecular weight excluding hydrogens is 348 g/mol. The summed E-state index contributed by atoms with van der Waals surface area (Å²) in [5.41, 5.74) is 4.06. The molecule has 4 nitrogen and oxygen atoms in total. The van der Waals surface area contributed by atoms with E-state index in [1.54, 1.807) is 7.11 Å². The Morgan fingerprint density at radius 1 is 1.14 bits per heavy atom. The summed E-state index contributed by atoms with van der Waals surface area (Å²) < 4.78 is 11.3. The molecule has 0 aromatic heterocycles. The van der Waals surface area contributed by atoms with E-state index in [0.29, 0.717) is 18.6 Å². The number of hydrogen-bond donors (Lipinski definition) is 0. The standard InChI is InChI=1S/C24H32N2O2/c1-18(2)26(4)13-6-14-28-22-11-12-23-20(15-22)16-25(3)17-24(23)19-7-9-21(27-5)10-8-19/h6-13,15,18,24H,14,16-17H2,1-5H3/b13-6-. The van der Waals surface area contributed by atoms with Crippen LogP contribution in [0.5, 0.6) is 11.5 Å². The largest absolute Gasteiger partial charge is 0.497 e. The molecule has 0 saturated heterocycles. The summed E-state index contributed by atoms with van der Waals surface area (Å²) in [7, 11) is 5.96. The van der Waals surface area contributed by atoms with Gasteiger partial charge in [-0.1, -0.05) is 18.2 Å². The Morgan fingerprint density at radius 2 is 1.86 bits per heavy atom. The molecule has 2 aromatic carbocycles. The maximum Gasteiger partial charge on any atom is 0.120 e. The highest BCUT2D eigenvalue weighted by atomic mass is 16.5. The van der Waals surface area contributed by atoms with E-state index in [1.807, 2.05) is 12.1 Å². The van der Waals surface area contributed by atoms with E-state index in [0.717, 1.165) is 24.6 Å². The van der Waals surface area contributed by atoms with Crippen LogP contribution >= 0.6 is 0 Å². The van der Waals surface area contributed by atoms with Gasteiger partial charge in [-0.05, 0) is 74.1 Å². The fourth-order valence-corrected chi connectivity index (χ4v) is 3.56. The molecule has 3 rings (SSSR count). The molecule has 1 aliphatic heterocycles. The zero-order valence-electron chi connectivity index (χ0n) is 17.7. The summed E-state index contributed by atoms with van der Waals surface area (Å²) in [6.45, 7) is 6.89. The van der Waals surface area contributed by atoms with Gasteiger partial charge in [-0.2, -0.15) is 0 Å². The number of methoxy groups -OCH3 is 1. The van der Waals surface area contributed by atoms with Crippen LogP contribution in [0.4, 0.5) is 0 Å². The van der Waals surface area contributed by atoms with Gasteiger partial charge in [-0.3, -0.25) is 0 Å². The Kier molecular flexibility index (Phi) is 6.63. The number of fused-ring (bicyclic) bond motifs is 1. The maximum atomic E-state index is 5.96. The lowest BCUT2D eigenvalue weighted by atomic mass is 9.85. The van der Waals surface area contributed by atoms with Crippen LogP contribution in [0.3, 0.4) is 0 Å². The number of likely N-dealkylation sites (N-methyl/N-ethyl adjacent to an activating group) is 1. The molecular formula is C24H32N2O2. The molecule has 0 radical (unpaired) electrons. The average Bonchev–Trinajstić information content (AvgIpc) is 2.70. The first-order valence-electron chi connectivity index (χ1n) is 9.94. The van der Waals surface area contributed by atoms with Crippen LogP contribution < -0.4 is 9.47 Å². The molecule has 1 unspecified atom stereocenters. The zero-order valence-corrected chi connectivity index (χ0v) is 17.7. The SMILES string of the molecule is COc1ccc(C2CN(C)Cc3cc(OC/C=C\N(C)C(C)C)ccc32)cc1. The summed E-state index contributed by atoms with van der Waals surface area (Å²) in [6.07, 6.45) is 4.14. The lowest BCUT2D eigenvalue weighted by molar-refractivity contribution is 0.293. The van der Waals surface area contributed by atoms with E-state index in [1.165, 1.54) is 16.7 Å². The van der Waals surface area contributed by atoms with Crippen LogP contribution in [0.1, 0.15) is 36.5 Å². The van der Waals surface area contributed by atoms with E-state index in [9.17, 15) is 0 Å². The Balaban J connectivity index is 1.73. The van der Waals surface area contributed by atoms with Gasteiger partial charge >= 0.3 is 0 Å². The molecule has 0 saturated carbocycles. The second-order valence-corrected chi connectivity index (χ2v) is 7.84. The fourth-order valence-electron chi connectivity index (χ4n) is 3.56. The molecule has 0 N–H and O–H groups in total. The summed E-state index contributed by atoms with van der Waals surface area (Å²) in [6, 6.07) is 15.5. The van der Waals surface area contributed by atoms with Crippen molar-refractivity contribution in [1.29, 1.82) is 0 Å². The minimum Gasteiger partial charge on any atom is -0.497 e. The number of nitrogens with zero attached hydrogens (tertiary/aromatic N) is 2. The van der Waals surface area contributed by atoms with E-state index in [4.69, 9.17) is 9.47 Å². The van der Waals surface area contributed by atoms with Crippen molar-refractivity contribution in [3.05, 3.63) is 71.4 Å². The Bertz CT molecular complexity index is 799. The van der Waals surface area contributed by atoms with Gasteiger partial charge in [0.1, 0.15) is 18.1 Å². The molecule has 1 atom stereocenters. The lowest BCUT2D eigenvalue weighted by Gasteiger charge is -2.33. The summed E-state index contributed by atoms with van der Waals surface area (Å²) in [5.74, 6) is 2.20. The van der Waals surface area contributed by atoms with Gasteiger partial charge in [0.05, 0.1) is 7.11 Å². The van der Waals surface area contributed by atoms with Gasteiger partial charge in [0, 0.05) is 32.1 Å². The van der Waals surface area contributed by atoms with Gasteiger partial charge in [0.2, 0.25) is 0 Å². The predicted molar refractivity (Wildman–Crippen MR) is 115 cm³/mol. The van der Waals surface area contributed by atoms with Crippen LogP contribution in [-0.4, -0.2) is 50.2 Å². The predicted octanol–water partition coefficient (Wildman–Crippen LogP) is 4.51. The van der Waals surface area contributed by atoms with Crippen molar-refractivity contribution in [3.63, 3.8) is 0 Å². The van der Waals surface area contributed by atoms with Crippen molar-refractivity contribution in [2.75, 3.05) is 34.4 Å². The van der Waals surface area contributed by atoms with Crippen LogP contribution in [0, 0.1) is 0 Å². The Labute approximate surface area is 169 Å². The first-order chi connectivity index (χ1) is 13.5. The third-order valence-corrected chi connectivity index (χ3v) is 5.44. The minimum atomic E-state index is 0.369. The Hall–Kier alpha value is -2.46. The van der Waals surface area contributed by atoms with E-state index < -0.39 is 0 Å². The van der Waals surface area contributed by atoms with Gasteiger partial charge in [-0.15, -0.1) is 0 Å². The molecule has 150 valence electrons. The monoisotopic (exact) mass is 380 g/mol. The highest BCUT2D eigenvalue weighted by Crippen LogP contribution is 2.35. The molecule has 0 amide bonds. The van der Waals surface area contributed by atoms with Crippen LogP contribution in [0.15, 0.2) is 54.7 Å². The Morgan fingerprint density at radius 3 is 2.54 bits per heavy atom. The molecule has 28 heavy (non-hydrogen) atoms. The number of ether oxygens (including phenoxy) is 2. The second-order valence-electron chi connectivity index (χ2n) is 7.84. The van der Waals surface area contributed by atoms with Crippen molar-refractivity contribution in [2.45, 2.75) is 32.4 Å². The number of hydrogen-bond acceptors (Lipinski definition) is 4. The van der Waals surface area contributed by atoms with Gasteiger partial charge in [-0.25, -0.2) is 0 Å². The quantitative estimate of drug-likeness (QED) is 0.706. The van der Waals surface area contributed by atoms with E-state index in [2.05, 4.69) is 80.4 Å². The topological polar surface area (TPSA) is 24.9 Å². The van der Waals surface area contributed by atoms with Crippen molar-refractivity contribution < 1.29 is 9.47 Å². The second kappa shape index (κ2) is 9.16. The third kappa shape index (κ3) is 4.87. The average molecular weight is 381 g/mol. The van der Waals surface area contributed by atoms with E-state index >= 15 is 0 Å². The molecule has 1 aliphatic rings. The van der Waals surface area contributed by atoms with Crippen molar-refractivity contribution in [3.8, 4) is 11.5 Å². The van der Waals surface area contributed by atoms with Crippen LogP contribution in [0.2, 0.25) is 0 Å². The normalized spacial score (nSPS) is 17.0. The first kappa shape index (κ1) is 20.3. The smallest absolute Gasteiger partial charge is 0.120 e. The molecule has 0 fully saturated rings. The fraction of sp³-hybridized carbons (Fsp3) is 0.417. The molecule has 0 spiro atoms. The lowest BCUT2D eigenvalue weighted by Crippen LogP contribution is -2.31. The highest BCUT2D eigenvalue weighted by molar-refractivity contribution is 5.45. The molecule has 0 bridgehead atoms. The summed E-state index contributed by atoms with van der Waals surface area (Å²) >= 11 is 0. The third-order valence-electron chi connectivity index (χ3n) is 5.44. The molecule has 4 heteroatoms. The summed E-state index contributed by atoms with van der Waals surface area (Å²) in [5, 5.41) is 0. The van der Waals surface area contributed by atoms with Crippen LogP contribution in [0.25, 0.3) is 0 Å². The molecule has 0 aliphatic carbocycles. The summed E-state index contributed by atoms with van der Waals surface area (Å²) in [4.78, 5) is 4.54. The first-order valence-corrected chi connectivity index (χ1v) is 9.94. The highest BCUT2D eigenvalue weighted by Gasteiger charge is 2.25. The molecule has 1 heterocycles.